The third-order valence-electron chi connectivity index (χ3n) is 3.19. The van der Waals surface area contributed by atoms with E-state index >= 15 is 0 Å². The van der Waals surface area contributed by atoms with Crippen LogP contribution in [0, 0.1) is 0 Å². The maximum Gasteiger partial charge on any atom is 0.215 e. The Labute approximate surface area is 144 Å². The monoisotopic (exact) mass is 350 g/mol. The van der Waals surface area contributed by atoms with Gasteiger partial charge in [-0.05, 0) is 30.7 Å². The van der Waals surface area contributed by atoms with E-state index in [1.54, 1.807) is 55.7 Å². The summed E-state index contributed by atoms with van der Waals surface area (Å²) in [6.45, 7) is 0. The molecule has 0 atom stereocenters. The lowest BCUT2D eigenvalue weighted by atomic mass is 10.1. The summed E-state index contributed by atoms with van der Waals surface area (Å²) in [5.41, 5.74) is 1.00. The summed E-state index contributed by atoms with van der Waals surface area (Å²) in [5, 5.41) is 0. The highest BCUT2D eigenvalue weighted by molar-refractivity contribution is 8.22. The van der Waals surface area contributed by atoms with Crippen LogP contribution in [0.3, 0.4) is 0 Å². The second-order valence-corrected chi connectivity index (χ2v) is 6.30. The molecule has 0 bridgehead atoms. The van der Waals surface area contributed by atoms with E-state index in [1.807, 2.05) is 12.5 Å². The first kappa shape index (κ1) is 17.5. The molecular weight excluding hydrogens is 332 g/mol. The average molecular weight is 350 g/mol. The second kappa shape index (κ2) is 8.12. The van der Waals surface area contributed by atoms with E-state index in [2.05, 4.69) is 4.98 Å². The molecule has 0 aliphatic rings. The van der Waals surface area contributed by atoms with Crippen molar-refractivity contribution in [2.24, 2.45) is 0 Å². The number of Topliss-reactive ketones (excluding diaryl/α,β-unsaturated/α-hetero) is 1. The van der Waals surface area contributed by atoms with Crippen LogP contribution in [0.4, 0.5) is 0 Å². The fraction of sp³-hybridized carbons (Fsp3) is 0.250. The lowest BCUT2D eigenvalue weighted by molar-refractivity contribution is 0.104. The number of aromatic nitrogens is 2. The Balaban J connectivity index is 2.61. The van der Waals surface area contributed by atoms with Crippen LogP contribution in [-0.4, -0.2) is 42.1 Å². The van der Waals surface area contributed by atoms with Gasteiger partial charge < -0.3 is 14.0 Å². The molecule has 2 rings (SSSR count). The van der Waals surface area contributed by atoms with Crippen molar-refractivity contribution in [3.63, 3.8) is 0 Å². The predicted octanol–water partition coefficient (Wildman–Crippen LogP) is 3.64. The van der Waals surface area contributed by atoms with E-state index in [0.717, 1.165) is 4.24 Å². The number of thioether (sulfide) groups is 2. The highest BCUT2D eigenvalue weighted by Crippen LogP contribution is 2.34. The minimum absolute atomic E-state index is 0.141. The zero-order valence-corrected chi connectivity index (χ0v) is 15.0. The SMILES string of the molecule is COc1ccc(OC)c(C(=O)C(=C(SC)SC)n2ccnc2)c1. The van der Waals surface area contributed by atoms with Crippen LogP contribution in [0.2, 0.25) is 0 Å². The lowest BCUT2D eigenvalue weighted by Gasteiger charge is -2.15. The first-order chi connectivity index (χ1) is 11.2. The van der Waals surface area contributed by atoms with Crippen molar-refractivity contribution in [2.45, 2.75) is 0 Å². The van der Waals surface area contributed by atoms with Gasteiger partial charge in [0.15, 0.2) is 0 Å². The fourth-order valence-corrected chi connectivity index (χ4v) is 3.55. The molecule has 5 nitrogen and oxygen atoms in total. The first-order valence-corrected chi connectivity index (χ1v) is 9.18. The minimum atomic E-state index is -0.141. The van der Waals surface area contributed by atoms with Gasteiger partial charge in [-0.2, -0.15) is 0 Å². The summed E-state index contributed by atoms with van der Waals surface area (Å²) >= 11 is 3.05. The number of hydrogen-bond acceptors (Lipinski definition) is 6. The molecule has 0 amide bonds. The van der Waals surface area contributed by atoms with E-state index < -0.39 is 0 Å². The highest BCUT2D eigenvalue weighted by Gasteiger charge is 2.22. The number of carbonyl (C=O) groups excluding carboxylic acids is 1. The highest BCUT2D eigenvalue weighted by atomic mass is 32.2. The number of rotatable bonds is 7. The lowest BCUT2D eigenvalue weighted by Crippen LogP contribution is -2.11. The van der Waals surface area contributed by atoms with Crippen molar-refractivity contribution in [3.05, 3.63) is 46.7 Å². The molecule has 0 fully saturated rings. The number of imidazole rings is 1. The molecule has 1 aromatic heterocycles. The van der Waals surface area contributed by atoms with E-state index in [1.165, 1.54) is 23.5 Å². The molecule has 23 heavy (non-hydrogen) atoms. The summed E-state index contributed by atoms with van der Waals surface area (Å²) in [6.07, 6.45) is 8.91. The normalized spacial score (nSPS) is 10.3. The molecule has 0 aliphatic heterocycles. The topological polar surface area (TPSA) is 53.4 Å². The van der Waals surface area contributed by atoms with Crippen molar-refractivity contribution < 1.29 is 14.3 Å². The predicted molar refractivity (Wildman–Crippen MR) is 96.3 cm³/mol. The Morgan fingerprint density at radius 2 is 1.91 bits per heavy atom. The molecule has 0 saturated heterocycles. The molecule has 0 spiro atoms. The third-order valence-corrected chi connectivity index (χ3v) is 5.32. The standard InChI is InChI=1S/C16H18N2O3S2/c1-20-11-5-6-13(21-2)12(9-11)15(19)14(16(22-3)23-4)18-8-7-17-10-18/h5-10H,1-4H3. The smallest absolute Gasteiger partial charge is 0.215 e. The van der Waals surface area contributed by atoms with Crippen molar-refractivity contribution in [1.29, 1.82) is 0 Å². The van der Waals surface area contributed by atoms with Crippen molar-refractivity contribution >= 4 is 35.0 Å². The van der Waals surface area contributed by atoms with Crippen LogP contribution in [0.15, 0.2) is 41.2 Å². The van der Waals surface area contributed by atoms with Gasteiger partial charge in [-0.3, -0.25) is 4.79 Å². The van der Waals surface area contributed by atoms with Gasteiger partial charge in [0.1, 0.15) is 17.2 Å². The Kier molecular flexibility index (Phi) is 6.18. The first-order valence-electron chi connectivity index (χ1n) is 6.73. The second-order valence-electron chi connectivity index (χ2n) is 4.41. The van der Waals surface area contributed by atoms with Crippen LogP contribution in [-0.2, 0) is 0 Å². The number of allylic oxidation sites excluding steroid dienone is 1. The molecular formula is C16H18N2O3S2. The molecule has 0 unspecified atom stereocenters. The van der Waals surface area contributed by atoms with Crippen LogP contribution < -0.4 is 9.47 Å². The summed E-state index contributed by atoms with van der Waals surface area (Å²) in [5.74, 6) is 0.974. The molecule has 2 aromatic rings. The van der Waals surface area contributed by atoms with E-state index in [-0.39, 0.29) is 5.78 Å². The molecule has 0 aliphatic carbocycles. The number of methoxy groups -OCH3 is 2. The largest absolute Gasteiger partial charge is 0.497 e. The Morgan fingerprint density at radius 1 is 1.17 bits per heavy atom. The van der Waals surface area contributed by atoms with Gasteiger partial charge in [-0.1, -0.05) is 0 Å². The number of benzene rings is 1. The van der Waals surface area contributed by atoms with Gasteiger partial charge in [-0.25, -0.2) is 4.98 Å². The Hall–Kier alpha value is -1.86. The quantitative estimate of drug-likeness (QED) is 0.561. The summed E-state index contributed by atoms with van der Waals surface area (Å²) in [4.78, 5) is 17.2. The van der Waals surface area contributed by atoms with Gasteiger partial charge in [0.05, 0.1) is 30.3 Å². The van der Waals surface area contributed by atoms with Gasteiger partial charge in [0.2, 0.25) is 5.78 Å². The average Bonchev–Trinajstić information content (AvgIpc) is 3.12. The molecule has 1 heterocycles. The van der Waals surface area contributed by atoms with Crippen molar-refractivity contribution in [3.8, 4) is 11.5 Å². The number of carbonyl (C=O) groups is 1. The molecule has 1 aromatic carbocycles. The Bertz CT molecular complexity index is 706. The van der Waals surface area contributed by atoms with E-state index in [4.69, 9.17) is 9.47 Å². The van der Waals surface area contributed by atoms with E-state index in [9.17, 15) is 4.79 Å². The maximum absolute atomic E-state index is 13.2. The summed E-state index contributed by atoms with van der Waals surface area (Å²) < 4.78 is 13.2. The fourth-order valence-electron chi connectivity index (χ4n) is 2.10. The molecule has 0 N–H and O–H groups in total. The van der Waals surface area contributed by atoms with Crippen LogP contribution in [0.1, 0.15) is 10.4 Å². The zero-order chi connectivity index (χ0) is 16.8. The summed E-state index contributed by atoms with van der Waals surface area (Å²) in [6, 6.07) is 5.19. The van der Waals surface area contributed by atoms with Crippen molar-refractivity contribution in [2.75, 3.05) is 26.7 Å². The van der Waals surface area contributed by atoms with Crippen molar-refractivity contribution in [1.82, 2.24) is 9.55 Å². The summed E-state index contributed by atoms with van der Waals surface area (Å²) in [7, 11) is 3.11. The number of hydrogen-bond donors (Lipinski definition) is 0. The molecule has 122 valence electrons. The van der Waals surface area contributed by atoms with Gasteiger partial charge in [-0.15, -0.1) is 23.5 Å². The minimum Gasteiger partial charge on any atom is -0.497 e. The maximum atomic E-state index is 13.2. The molecule has 7 heteroatoms. The third kappa shape index (κ3) is 3.73. The van der Waals surface area contributed by atoms with Gasteiger partial charge in [0, 0.05) is 12.4 Å². The zero-order valence-electron chi connectivity index (χ0n) is 13.4. The number of nitrogens with zero attached hydrogens (tertiary/aromatic N) is 2. The van der Waals surface area contributed by atoms with Crippen LogP contribution in [0.5, 0.6) is 11.5 Å². The van der Waals surface area contributed by atoms with Gasteiger partial charge >= 0.3 is 0 Å². The van der Waals surface area contributed by atoms with Crippen LogP contribution >= 0.6 is 23.5 Å². The van der Waals surface area contributed by atoms with Gasteiger partial charge in [0.25, 0.3) is 0 Å². The Morgan fingerprint density at radius 3 is 2.43 bits per heavy atom. The number of ether oxygens (including phenoxy) is 2. The molecule has 0 saturated carbocycles. The number of ketones is 1. The molecule has 0 radical (unpaired) electrons. The van der Waals surface area contributed by atoms with Crippen LogP contribution in [0.25, 0.3) is 5.70 Å². The van der Waals surface area contributed by atoms with E-state index in [0.29, 0.717) is 22.8 Å².